The van der Waals surface area contributed by atoms with Crippen molar-refractivity contribution in [3.8, 4) is 0 Å². The Morgan fingerprint density at radius 2 is 2.21 bits per heavy atom. The Labute approximate surface area is 80.5 Å². The van der Waals surface area contributed by atoms with Crippen molar-refractivity contribution in [2.24, 2.45) is 5.73 Å². The van der Waals surface area contributed by atoms with Crippen LogP contribution in [-0.2, 0) is 4.79 Å². The van der Waals surface area contributed by atoms with Gasteiger partial charge < -0.3 is 15.3 Å². The van der Waals surface area contributed by atoms with Gasteiger partial charge in [-0.05, 0) is 19.1 Å². The van der Waals surface area contributed by atoms with Crippen molar-refractivity contribution >= 4 is 11.8 Å². The predicted octanol–water partition coefficient (Wildman–Crippen LogP) is 0.573. The van der Waals surface area contributed by atoms with E-state index < -0.39 is 24.2 Å². The number of hydrogen-bond acceptors (Lipinski definition) is 4. The molecule has 1 aromatic heterocycles. The number of Topliss-reactive ketones (excluding diaryl/α,β-unsaturated/α-hetero) is 1. The Balaban J connectivity index is 2.70. The van der Waals surface area contributed by atoms with Gasteiger partial charge in [0.1, 0.15) is 5.76 Å². The molecule has 5 nitrogen and oxygen atoms in total. The smallest absolute Gasteiger partial charge is 0.305 e. The molecule has 76 valence electrons. The van der Waals surface area contributed by atoms with E-state index >= 15 is 0 Å². The molecule has 3 N–H and O–H groups in total. The zero-order valence-electron chi connectivity index (χ0n) is 7.69. The van der Waals surface area contributed by atoms with Crippen LogP contribution in [0.25, 0.3) is 0 Å². The molecule has 0 fully saturated rings. The van der Waals surface area contributed by atoms with Crippen LogP contribution >= 0.6 is 0 Å². The van der Waals surface area contributed by atoms with Gasteiger partial charge in [-0.3, -0.25) is 9.59 Å². The van der Waals surface area contributed by atoms with E-state index in [1.165, 1.54) is 6.07 Å². The molecule has 0 aromatic carbocycles. The van der Waals surface area contributed by atoms with Crippen molar-refractivity contribution in [2.45, 2.75) is 19.4 Å². The fraction of sp³-hybridized carbons (Fsp3) is 0.333. The van der Waals surface area contributed by atoms with E-state index in [9.17, 15) is 9.59 Å². The van der Waals surface area contributed by atoms with Gasteiger partial charge in [0.2, 0.25) is 5.78 Å². The summed E-state index contributed by atoms with van der Waals surface area (Å²) >= 11 is 0. The number of carboxylic acids is 1. The van der Waals surface area contributed by atoms with Crippen LogP contribution in [0.1, 0.15) is 22.7 Å². The van der Waals surface area contributed by atoms with Gasteiger partial charge in [-0.25, -0.2) is 0 Å². The SMILES string of the molecule is Cc1ccc(C(=O)C(N)CC(=O)O)o1. The summed E-state index contributed by atoms with van der Waals surface area (Å²) in [5, 5.41) is 8.42. The number of aryl methyl sites for hydroxylation is 1. The Morgan fingerprint density at radius 1 is 1.57 bits per heavy atom. The van der Waals surface area contributed by atoms with Crippen LogP contribution in [0.4, 0.5) is 0 Å². The van der Waals surface area contributed by atoms with Gasteiger partial charge in [0.15, 0.2) is 5.76 Å². The molecular weight excluding hydrogens is 186 g/mol. The summed E-state index contributed by atoms with van der Waals surface area (Å²) < 4.78 is 5.03. The predicted molar refractivity (Wildman–Crippen MR) is 48.0 cm³/mol. The first-order chi connectivity index (χ1) is 6.50. The molecule has 1 heterocycles. The van der Waals surface area contributed by atoms with Gasteiger partial charge in [-0.15, -0.1) is 0 Å². The van der Waals surface area contributed by atoms with Crippen molar-refractivity contribution in [3.63, 3.8) is 0 Å². The molecule has 0 saturated heterocycles. The minimum atomic E-state index is -1.10. The number of nitrogens with two attached hydrogens (primary N) is 1. The summed E-state index contributed by atoms with van der Waals surface area (Å²) in [5.74, 6) is -0.887. The molecule has 1 unspecified atom stereocenters. The third-order valence-electron chi connectivity index (χ3n) is 1.71. The Morgan fingerprint density at radius 3 is 2.64 bits per heavy atom. The molecule has 0 saturated carbocycles. The summed E-state index contributed by atoms with van der Waals surface area (Å²) in [7, 11) is 0. The van der Waals surface area contributed by atoms with Crippen LogP contribution in [0.3, 0.4) is 0 Å². The molecule has 0 aliphatic rings. The molecule has 1 aromatic rings. The number of hydrogen-bond donors (Lipinski definition) is 2. The molecule has 0 spiro atoms. The normalized spacial score (nSPS) is 12.4. The number of carboxylic acid groups (broad SMARTS) is 1. The lowest BCUT2D eigenvalue weighted by molar-refractivity contribution is -0.137. The zero-order chi connectivity index (χ0) is 10.7. The minimum Gasteiger partial charge on any atom is -0.481 e. The minimum absolute atomic E-state index is 0.108. The van der Waals surface area contributed by atoms with E-state index in [0.717, 1.165) is 0 Å². The van der Waals surface area contributed by atoms with E-state index in [0.29, 0.717) is 5.76 Å². The molecule has 0 amide bonds. The Bertz CT molecular complexity index is 355. The third-order valence-corrected chi connectivity index (χ3v) is 1.71. The zero-order valence-corrected chi connectivity index (χ0v) is 7.69. The van der Waals surface area contributed by atoms with Crippen LogP contribution in [0.2, 0.25) is 0 Å². The average Bonchev–Trinajstić information content (AvgIpc) is 2.49. The molecule has 1 atom stereocenters. The summed E-state index contributed by atoms with van der Waals surface area (Å²) in [6, 6.07) is 2.07. The number of furan rings is 1. The van der Waals surface area contributed by atoms with Gasteiger partial charge in [0.05, 0.1) is 12.5 Å². The number of rotatable bonds is 4. The average molecular weight is 197 g/mol. The van der Waals surface area contributed by atoms with Crippen LogP contribution in [0, 0.1) is 6.92 Å². The maximum absolute atomic E-state index is 11.4. The highest BCUT2D eigenvalue weighted by molar-refractivity contribution is 5.99. The monoisotopic (exact) mass is 197 g/mol. The molecule has 0 radical (unpaired) electrons. The number of ketones is 1. The number of aliphatic carboxylic acids is 1. The second-order valence-electron chi connectivity index (χ2n) is 2.98. The van der Waals surface area contributed by atoms with Gasteiger partial charge in [0, 0.05) is 0 Å². The topological polar surface area (TPSA) is 93.5 Å². The van der Waals surface area contributed by atoms with Crippen molar-refractivity contribution in [1.82, 2.24) is 0 Å². The van der Waals surface area contributed by atoms with Crippen LogP contribution in [0.15, 0.2) is 16.5 Å². The van der Waals surface area contributed by atoms with Crippen molar-refractivity contribution in [3.05, 3.63) is 23.7 Å². The van der Waals surface area contributed by atoms with Gasteiger partial charge >= 0.3 is 5.97 Å². The lowest BCUT2D eigenvalue weighted by atomic mass is 10.1. The highest BCUT2D eigenvalue weighted by Crippen LogP contribution is 2.09. The number of carbonyl (C=O) groups excluding carboxylic acids is 1. The van der Waals surface area contributed by atoms with Crippen LogP contribution in [0.5, 0.6) is 0 Å². The highest BCUT2D eigenvalue weighted by atomic mass is 16.4. The van der Waals surface area contributed by atoms with E-state index in [1.54, 1.807) is 13.0 Å². The standard InChI is InChI=1S/C9H11NO4/c1-5-2-3-7(14-5)9(13)6(10)4-8(11)12/h2-3,6H,4,10H2,1H3,(H,11,12). The second kappa shape index (κ2) is 4.06. The number of carbonyl (C=O) groups is 2. The fourth-order valence-corrected chi connectivity index (χ4v) is 1.03. The molecular formula is C9H11NO4. The van der Waals surface area contributed by atoms with Gasteiger partial charge in [-0.1, -0.05) is 0 Å². The first-order valence-corrected chi connectivity index (χ1v) is 4.08. The van der Waals surface area contributed by atoms with Crippen molar-refractivity contribution in [2.75, 3.05) is 0 Å². The fourth-order valence-electron chi connectivity index (χ4n) is 1.03. The summed E-state index contributed by atoms with van der Waals surface area (Å²) in [6.45, 7) is 1.69. The molecule has 1 rings (SSSR count). The molecule has 0 aliphatic heterocycles. The summed E-state index contributed by atoms with van der Waals surface area (Å²) in [6.07, 6.45) is -0.390. The first-order valence-electron chi connectivity index (χ1n) is 4.08. The van der Waals surface area contributed by atoms with Crippen LogP contribution < -0.4 is 5.73 Å². The van der Waals surface area contributed by atoms with E-state index in [-0.39, 0.29) is 5.76 Å². The molecule has 0 aliphatic carbocycles. The molecule has 0 bridgehead atoms. The quantitative estimate of drug-likeness (QED) is 0.688. The molecule has 5 heteroatoms. The highest BCUT2D eigenvalue weighted by Gasteiger charge is 2.21. The first kappa shape index (κ1) is 10.5. The van der Waals surface area contributed by atoms with E-state index in [4.69, 9.17) is 15.3 Å². The summed E-state index contributed by atoms with van der Waals surface area (Å²) in [5.41, 5.74) is 5.37. The lowest BCUT2D eigenvalue weighted by Crippen LogP contribution is -2.32. The van der Waals surface area contributed by atoms with Gasteiger partial charge in [0.25, 0.3) is 0 Å². The maximum atomic E-state index is 11.4. The van der Waals surface area contributed by atoms with Crippen LogP contribution in [-0.4, -0.2) is 22.9 Å². The van der Waals surface area contributed by atoms with E-state index in [2.05, 4.69) is 0 Å². The van der Waals surface area contributed by atoms with E-state index in [1.807, 2.05) is 0 Å². The lowest BCUT2D eigenvalue weighted by Gasteiger charge is -2.04. The van der Waals surface area contributed by atoms with Crippen molar-refractivity contribution < 1.29 is 19.1 Å². The van der Waals surface area contributed by atoms with Gasteiger partial charge in [-0.2, -0.15) is 0 Å². The third kappa shape index (κ3) is 2.43. The molecule has 14 heavy (non-hydrogen) atoms. The maximum Gasteiger partial charge on any atom is 0.305 e. The second-order valence-corrected chi connectivity index (χ2v) is 2.98. The summed E-state index contributed by atoms with van der Waals surface area (Å²) in [4.78, 5) is 21.7. The Kier molecular flexibility index (Phi) is 3.03. The largest absolute Gasteiger partial charge is 0.481 e. The Hall–Kier alpha value is -1.62. The van der Waals surface area contributed by atoms with Crippen molar-refractivity contribution in [1.29, 1.82) is 0 Å².